The maximum absolute atomic E-state index is 11.8. The molecule has 4 heteroatoms. The number of hydrogen-bond donors (Lipinski definition) is 2. The van der Waals surface area contributed by atoms with E-state index < -0.39 is 0 Å². The van der Waals surface area contributed by atoms with Crippen LogP contribution in [0.15, 0.2) is 0 Å². The van der Waals surface area contributed by atoms with Crippen LogP contribution in [0.25, 0.3) is 0 Å². The molecule has 0 aromatic heterocycles. The van der Waals surface area contributed by atoms with Crippen LogP contribution in [-0.4, -0.2) is 36.4 Å². The van der Waals surface area contributed by atoms with Gasteiger partial charge in [0.2, 0.25) is 5.91 Å². The predicted octanol–water partition coefficient (Wildman–Crippen LogP) is 1.86. The van der Waals surface area contributed by atoms with Crippen LogP contribution in [0.1, 0.15) is 51.9 Å². The quantitative estimate of drug-likeness (QED) is 0.774. The first-order valence-corrected chi connectivity index (χ1v) is 7.75. The highest BCUT2D eigenvalue weighted by Gasteiger charge is 2.31. The number of hydrogen-bond acceptors (Lipinski definition) is 3. The summed E-state index contributed by atoms with van der Waals surface area (Å²) in [6, 6.07) is 0. The molecule has 2 rings (SSSR count). The Hall–Kier alpha value is -0.610. The van der Waals surface area contributed by atoms with Crippen LogP contribution in [-0.2, 0) is 9.53 Å². The van der Waals surface area contributed by atoms with E-state index in [1.54, 1.807) is 0 Å². The van der Waals surface area contributed by atoms with Crippen LogP contribution in [0.2, 0.25) is 0 Å². The standard InChI is InChI=1S/C15H27NO3/c1-2-19-13-7-11(8-13)9-15(18)16-10-12-5-3-4-6-14(12)17/h11-14,17H,2-10H2,1H3,(H,16,18). The van der Waals surface area contributed by atoms with Gasteiger partial charge in [-0.05, 0) is 38.5 Å². The molecule has 2 unspecified atom stereocenters. The lowest BCUT2D eigenvalue weighted by atomic mass is 9.80. The minimum absolute atomic E-state index is 0.137. The van der Waals surface area contributed by atoms with Gasteiger partial charge < -0.3 is 15.2 Å². The number of aliphatic hydroxyl groups excluding tert-OH is 1. The second-order valence-electron chi connectivity index (χ2n) is 6.03. The van der Waals surface area contributed by atoms with Gasteiger partial charge >= 0.3 is 0 Å². The minimum Gasteiger partial charge on any atom is -0.393 e. The molecular formula is C15H27NO3. The van der Waals surface area contributed by atoms with E-state index in [4.69, 9.17) is 4.74 Å². The van der Waals surface area contributed by atoms with Gasteiger partial charge in [-0.3, -0.25) is 4.79 Å². The van der Waals surface area contributed by atoms with Gasteiger partial charge in [-0.25, -0.2) is 0 Å². The predicted molar refractivity (Wildman–Crippen MR) is 73.7 cm³/mol. The Kier molecular flexibility index (Phi) is 5.64. The Morgan fingerprint density at radius 1 is 1.32 bits per heavy atom. The highest BCUT2D eigenvalue weighted by Crippen LogP contribution is 2.32. The van der Waals surface area contributed by atoms with Gasteiger partial charge in [-0.2, -0.15) is 0 Å². The van der Waals surface area contributed by atoms with Gasteiger partial charge in [0.25, 0.3) is 0 Å². The van der Waals surface area contributed by atoms with Crippen molar-refractivity contribution >= 4 is 5.91 Å². The summed E-state index contributed by atoms with van der Waals surface area (Å²) < 4.78 is 5.49. The highest BCUT2D eigenvalue weighted by molar-refractivity contribution is 5.76. The van der Waals surface area contributed by atoms with Crippen molar-refractivity contribution in [3.63, 3.8) is 0 Å². The summed E-state index contributed by atoms with van der Waals surface area (Å²) in [7, 11) is 0. The van der Waals surface area contributed by atoms with Crippen molar-refractivity contribution in [3.05, 3.63) is 0 Å². The topological polar surface area (TPSA) is 58.6 Å². The molecule has 1 amide bonds. The third-order valence-corrected chi connectivity index (χ3v) is 4.50. The van der Waals surface area contributed by atoms with Crippen LogP contribution in [0.4, 0.5) is 0 Å². The second-order valence-corrected chi connectivity index (χ2v) is 6.03. The number of carbonyl (C=O) groups is 1. The van der Waals surface area contributed by atoms with E-state index in [9.17, 15) is 9.90 Å². The molecule has 0 aliphatic heterocycles. The van der Waals surface area contributed by atoms with Crippen LogP contribution in [0.3, 0.4) is 0 Å². The molecule has 0 heterocycles. The van der Waals surface area contributed by atoms with Gasteiger partial charge in [-0.1, -0.05) is 12.8 Å². The molecule has 4 nitrogen and oxygen atoms in total. The lowest BCUT2D eigenvalue weighted by molar-refractivity contribution is -0.124. The fourth-order valence-corrected chi connectivity index (χ4v) is 3.22. The van der Waals surface area contributed by atoms with Crippen molar-refractivity contribution < 1.29 is 14.6 Å². The Balaban J connectivity index is 1.57. The van der Waals surface area contributed by atoms with E-state index in [0.29, 0.717) is 25.0 Å². The maximum atomic E-state index is 11.8. The average Bonchev–Trinajstić information content (AvgIpc) is 2.35. The zero-order valence-corrected chi connectivity index (χ0v) is 11.9. The molecule has 0 spiro atoms. The molecule has 0 radical (unpaired) electrons. The van der Waals surface area contributed by atoms with Crippen molar-refractivity contribution in [2.45, 2.75) is 64.1 Å². The van der Waals surface area contributed by atoms with Gasteiger partial charge in [0.15, 0.2) is 0 Å². The van der Waals surface area contributed by atoms with Crippen molar-refractivity contribution in [2.24, 2.45) is 11.8 Å². The largest absolute Gasteiger partial charge is 0.393 e. The van der Waals surface area contributed by atoms with Gasteiger partial charge in [-0.15, -0.1) is 0 Å². The molecule has 2 aliphatic carbocycles. The van der Waals surface area contributed by atoms with E-state index in [1.807, 2.05) is 6.92 Å². The summed E-state index contributed by atoms with van der Waals surface area (Å²) >= 11 is 0. The molecule has 2 atom stereocenters. The SMILES string of the molecule is CCOC1CC(CC(=O)NCC2CCCCC2O)C1. The normalized spacial score (nSPS) is 34.6. The molecule has 2 saturated carbocycles. The summed E-state index contributed by atoms with van der Waals surface area (Å²) in [5.41, 5.74) is 0. The number of carbonyl (C=O) groups excluding carboxylic acids is 1. The highest BCUT2D eigenvalue weighted by atomic mass is 16.5. The van der Waals surface area contributed by atoms with Crippen molar-refractivity contribution in [2.75, 3.05) is 13.2 Å². The van der Waals surface area contributed by atoms with Crippen LogP contribution in [0, 0.1) is 11.8 Å². The van der Waals surface area contributed by atoms with Crippen molar-refractivity contribution in [1.82, 2.24) is 5.32 Å². The minimum atomic E-state index is -0.222. The molecule has 110 valence electrons. The summed E-state index contributed by atoms with van der Waals surface area (Å²) in [5, 5.41) is 12.8. The van der Waals surface area contributed by atoms with E-state index >= 15 is 0 Å². The second kappa shape index (κ2) is 7.25. The molecule has 19 heavy (non-hydrogen) atoms. The smallest absolute Gasteiger partial charge is 0.220 e. The molecule has 2 aliphatic rings. The number of nitrogens with one attached hydrogen (secondary N) is 1. The molecule has 2 N–H and O–H groups in total. The molecule has 0 aromatic carbocycles. The van der Waals surface area contributed by atoms with Gasteiger partial charge in [0, 0.05) is 25.5 Å². The van der Waals surface area contributed by atoms with Crippen molar-refractivity contribution in [1.29, 1.82) is 0 Å². The third-order valence-electron chi connectivity index (χ3n) is 4.50. The Morgan fingerprint density at radius 3 is 2.74 bits per heavy atom. The molecule has 0 saturated heterocycles. The fraction of sp³-hybridized carbons (Fsp3) is 0.933. The van der Waals surface area contributed by atoms with Gasteiger partial charge in [0.1, 0.15) is 0 Å². The third kappa shape index (κ3) is 4.46. The van der Waals surface area contributed by atoms with E-state index in [-0.39, 0.29) is 17.9 Å². The first-order chi connectivity index (χ1) is 9.19. The Bertz CT molecular complexity index is 289. The van der Waals surface area contributed by atoms with E-state index in [1.165, 1.54) is 6.42 Å². The summed E-state index contributed by atoms with van der Waals surface area (Å²) in [4.78, 5) is 11.8. The Morgan fingerprint density at radius 2 is 2.05 bits per heavy atom. The summed E-state index contributed by atoms with van der Waals surface area (Å²) in [5.74, 6) is 0.890. The molecule has 0 bridgehead atoms. The first kappa shape index (κ1) is 14.8. The zero-order valence-electron chi connectivity index (χ0n) is 11.9. The zero-order chi connectivity index (χ0) is 13.7. The lowest BCUT2D eigenvalue weighted by Crippen LogP contribution is -2.39. The first-order valence-electron chi connectivity index (χ1n) is 7.75. The van der Waals surface area contributed by atoms with Crippen molar-refractivity contribution in [3.8, 4) is 0 Å². The van der Waals surface area contributed by atoms with Crippen LogP contribution < -0.4 is 5.32 Å². The lowest BCUT2D eigenvalue weighted by Gasteiger charge is -2.34. The summed E-state index contributed by atoms with van der Waals surface area (Å²) in [6.07, 6.45) is 7.04. The maximum Gasteiger partial charge on any atom is 0.220 e. The Labute approximate surface area is 115 Å². The monoisotopic (exact) mass is 269 g/mol. The van der Waals surface area contributed by atoms with Gasteiger partial charge in [0.05, 0.1) is 12.2 Å². The number of rotatable bonds is 6. The van der Waals surface area contributed by atoms with E-state index in [0.717, 1.165) is 38.7 Å². The van der Waals surface area contributed by atoms with Crippen LogP contribution >= 0.6 is 0 Å². The molecule has 2 fully saturated rings. The fourth-order valence-electron chi connectivity index (χ4n) is 3.22. The van der Waals surface area contributed by atoms with Crippen LogP contribution in [0.5, 0.6) is 0 Å². The number of ether oxygens (including phenoxy) is 1. The molecule has 0 aromatic rings. The molecular weight excluding hydrogens is 242 g/mol. The number of amides is 1. The van der Waals surface area contributed by atoms with E-state index in [2.05, 4.69) is 5.32 Å². The number of aliphatic hydroxyl groups is 1. The summed E-state index contributed by atoms with van der Waals surface area (Å²) in [6.45, 7) is 3.42. The average molecular weight is 269 g/mol.